The molecule has 2 aliphatic heterocycles. The topological polar surface area (TPSA) is 113 Å². The van der Waals surface area contributed by atoms with Crippen molar-refractivity contribution in [1.82, 2.24) is 30.8 Å². The largest absolute Gasteiger partial charge is 0.417 e. The molecule has 0 saturated carbocycles. The SMILES string of the molecule is CS(=O)(=O)c1c(C(F)(F)F)ccc(-c2ccc(C3CCN(C[C@H]4CNCCO4)CC3)cc2)c1-c1nnn[nH]1. The van der Waals surface area contributed by atoms with E-state index in [1.807, 2.05) is 24.3 Å². The van der Waals surface area contributed by atoms with Gasteiger partial charge in [-0.1, -0.05) is 30.3 Å². The smallest absolute Gasteiger partial charge is 0.374 e. The van der Waals surface area contributed by atoms with Gasteiger partial charge in [-0.05, 0) is 65.0 Å². The summed E-state index contributed by atoms with van der Waals surface area (Å²) >= 11 is 0. The van der Waals surface area contributed by atoms with E-state index in [-0.39, 0.29) is 17.5 Å². The van der Waals surface area contributed by atoms with Crippen LogP contribution >= 0.6 is 0 Å². The van der Waals surface area contributed by atoms with Crippen molar-refractivity contribution >= 4 is 9.84 Å². The molecule has 2 N–H and O–H groups in total. The highest BCUT2D eigenvalue weighted by molar-refractivity contribution is 7.91. The summed E-state index contributed by atoms with van der Waals surface area (Å²) in [5.41, 5.74) is 0.542. The molecule has 2 saturated heterocycles. The molecule has 2 aliphatic rings. The number of rotatable bonds is 6. The number of aromatic nitrogens is 4. The van der Waals surface area contributed by atoms with Crippen LogP contribution in [0.2, 0.25) is 0 Å². The molecule has 204 valence electrons. The summed E-state index contributed by atoms with van der Waals surface area (Å²) in [6.45, 7) is 5.35. The Hall–Kier alpha value is -2.87. The molecule has 0 bridgehead atoms. The maximum Gasteiger partial charge on any atom is 0.417 e. The molecule has 1 aromatic heterocycles. The second-order valence-corrected chi connectivity index (χ2v) is 11.7. The number of alkyl halides is 3. The third-order valence-corrected chi connectivity index (χ3v) is 8.33. The number of tetrazole rings is 1. The van der Waals surface area contributed by atoms with Gasteiger partial charge in [0.1, 0.15) is 0 Å². The molecule has 38 heavy (non-hydrogen) atoms. The summed E-state index contributed by atoms with van der Waals surface area (Å²) in [6, 6.07) is 9.61. The second-order valence-electron chi connectivity index (χ2n) is 9.78. The highest BCUT2D eigenvalue weighted by Gasteiger charge is 2.39. The first-order valence-corrected chi connectivity index (χ1v) is 14.3. The Morgan fingerprint density at radius 1 is 1.11 bits per heavy atom. The molecule has 0 amide bonds. The number of sulfone groups is 1. The Bertz CT molecular complexity index is 1350. The number of H-pyrrole nitrogens is 1. The van der Waals surface area contributed by atoms with Gasteiger partial charge >= 0.3 is 6.18 Å². The molecule has 3 aromatic rings. The molecule has 0 radical (unpaired) electrons. The van der Waals surface area contributed by atoms with Crippen molar-refractivity contribution in [3.8, 4) is 22.5 Å². The number of morpholine rings is 1. The number of hydrogen-bond acceptors (Lipinski definition) is 8. The summed E-state index contributed by atoms with van der Waals surface area (Å²) in [5.74, 6) is 0.211. The third-order valence-electron chi connectivity index (χ3n) is 7.16. The van der Waals surface area contributed by atoms with Gasteiger partial charge in [-0.25, -0.2) is 13.5 Å². The van der Waals surface area contributed by atoms with E-state index >= 15 is 0 Å². The third kappa shape index (κ3) is 5.75. The van der Waals surface area contributed by atoms with Gasteiger partial charge in [0.25, 0.3) is 0 Å². The maximum atomic E-state index is 13.8. The fourth-order valence-electron chi connectivity index (χ4n) is 5.34. The van der Waals surface area contributed by atoms with Gasteiger partial charge in [0, 0.05) is 31.5 Å². The van der Waals surface area contributed by atoms with Crippen LogP contribution in [0.3, 0.4) is 0 Å². The molecule has 0 unspecified atom stereocenters. The molecule has 3 heterocycles. The molecule has 2 aromatic carbocycles. The van der Waals surface area contributed by atoms with E-state index in [1.165, 1.54) is 6.07 Å². The lowest BCUT2D eigenvalue weighted by molar-refractivity contribution is -0.139. The Morgan fingerprint density at radius 2 is 1.84 bits per heavy atom. The fraction of sp³-hybridized carbons (Fsp3) is 0.480. The van der Waals surface area contributed by atoms with Crippen LogP contribution in [0.4, 0.5) is 13.2 Å². The highest BCUT2D eigenvalue weighted by atomic mass is 32.2. The summed E-state index contributed by atoms with van der Waals surface area (Å²) in [4.78, 5) is 1.57. The second kappa shape index (κ2) is 10.7. The number of nitrogens with zero attached hydrogens (tertiary/aromatic N) is 4. The summed E-state index contributed by atoms with van der Waals surface area (Å²) in [5, 5.41) is 16.4. The number of benzene rings is 2. The van der Waals surface area contributed by atoms with E-state index in [4.69, 9.17) is 4.74 Å². The van der Waals surface area contributed by atoms with E-state index in [0.717, 1.165) is 70.1 Å². The van der Waals surface area contributed by atoms with Crippen LogP contribution in [0, 0.1) is 0 Å². The van der Waals surface area contributed by atoms with Gasteiger partial charge in [-0.3, -0.25) is 0 Å². The van der Waals surface area contributed by atoms with Gasteiger partial charge in [0.05, 0.1) is 23.2 Å². The van der Waals surface area contributed by atoms with Crippen molar-refractivity contribution in [2.75, 3.05) is 45.6 Å². The van der Waals surface area contributed by atoms with Crippen molar-refractivity contribution in [2.24, 2.45) is 0 Å². The Morgan fingerprint density at radius 3 is 2.42 bits per heavy atom. The van der Waals surface area contributed by atoms with Crippen LogP contribution in [0.25, 0.3) is 22.5 Å². The quantitative estimate of drug-likeness (QED) is 0.482. The van der Waals surface area contributed by atoms with Crippen molar-refractivity contribution in [3.63, 3.8) is 0 Å². The zero-order chi connectivity index (χ0) is 26.9. The highest BCUT2D eigenvalue weighted by Crippen LogP contribution is 2.43. The first-order valence-electron chi connectivity index (χ1n) is 12.4. The van der Waals surface area contributed by atoms with Crippen LogP contribution < -0.4 is 5.32 Å². The zero-order valence-electron chi connectivity index (χ0n) is 20.8. The lowest BCUT2D eigenvalue weighted by Gasteiger charge is -2.35. The standard InChI is InChI=1S/C25H29F3N6O3S/c1-38(35,36)23-21(25(26,27)28)7-6-20(22(23)24-30-32-33-31-24)18-4-2-16(3-5-18)17-8-11-34(12-9-17)15-19-14-29-10-13-37-19/h2-7,17,19,29H,8-15H2,1H3,(H,30,31,32,33)/t19-/m1/s1. The van der Waals surface area contributed by atoms with Crippen LogP contribution in [0.1, 0.15) is 29.9 Å². The molecule has 1 atom stereocenters. The minimum Gasteiger partial charge on any atom is -0.374 e. The minimum absolute atomic E-state index is 0.153. The lowest BCUT2D eigenvalue weighted by atomic mass is 9.87. The molecule has 5 rings (SSSR count). The average Bonchev–Trinajstić information content (AvgIpc) is 3.43. The first-order chi connectivity index (χ1) is 18.1. The van der Waals surface area contributed by atoms with Crippen LogP contribution in [0.5, 0.6) is 0 Å². The van der Waals surface area contributed by atoms with Crippen LogP contribution in [-0.2, 0) is 20.8 Å². The normalized spacial score (nSPS) is 20.1. The number of piperidine rings is 1. The number of halogens is 3. The van der Waals surface area contributed by atoms with E-state index < -0.39 is 26.5 Å². The number of hydrogen-bond donors (Lipinski definition) is 2. The Kier molecular flexibility index (Phi) is 7.54. The fourth-order valence-corrected chi connectivity index (χ4v) is 6.50. The van der Waals surface area contributed by atoms with Gasteiger partial charge in [0.2, 0.25) is 0 Å². The molecular formula is C25H29F3N6O3S. The number of likely N-dealkylation sites (tertiary alicyclic amines) is 1. The summed E-state index contributed by atoms with van der Waals surface area (Å²) < 4.78 is 72.5. The lowest BCUT2D eigenvalue weighted by Crippen LogP contribution is -2.47. The number of nitrogens with one attached hydrogen (secondary N) is 2. The molecule has 2 fully saturated rings. The van der Waals surface area contributed by atoms with Crippen LogP contribution in [0.15, 0.2) is 41.3 Å². The van der Waals surface area contributed by atoms with E-state index in [1.54, 1.807) is 0 Å². The summed E-state index contributed by atoms with van der Waals surface area (Å²) in [7, 11) is -4.30. The minimum atomic E-state index is -4.88. The number of ether oxygens (including phenoxy) is 1. The van der Waals surface area contributed by atoms with Gasteiger partial charge < -0.3 is 15.0 Å². The molecule has 0 aliphatic carbocycles. The van der Waals surface area contributed by atoms with E-state index in [9.17, 15) is 21.6 Å². The van der Waals surface area contributed by atoms with Gasteiger partial charge in [0.15, 0.2) is 15.7 Å². The Balaban J connectivity index is 1.41. The molecule has 13 heteroatoms. The van der Waals surface area contributed by atoms with E-state index in [2.05, 4.69) is 30.8 Å². The van der Waals surface area contributed by atoms with Gasteiger partial charge in [-0.2, -0.15) is 13.2 Å². The van der Waals surface area contributed by atoms with Crippen LogP contribution in [-0.4, -0.2) is 85.6 Å². The number of aromatic amines is 1. The zero-order valence-corrected chi connectivity index (χ0v) is 21.6. The van der Waals surface area contributed by atoms with Crippen molar-refractivity contribution in [2.45, 2.75) is 35.9 Å². The predicted octanol–water partition coefficient (Wildman–Crippen LogP) is 3.12. The predicted molar refractivity (Wildman–Crippen MR) is 134 cm³/mol. The monoisotopic (exact) mass is 550 g/mol. The molecule has 0 spiro atoms. The maximum absolute atomic E-state index is 13.8. The van der Waals surface area contributed by atoms with Crippen molar-refractivity contribution < 1.29 is 26.3 Å². The van der Waals surface area contributed by atoms with E-state index in [0.29, 0.717) is 17.0 Å². The van der Waals surface area contributed by atoms with Gasteiger partial charge in [-0.15, -0.1) is 5.10 Å². The van der Waals surface area contributed by atoms with Crippen molar-refractivity contribution in [1.29, 1.82) is 0 Å². The average molecular weight is 551 g/mol. The molecular weight excluding hydrogens is 521 g/mol. The first kappa shape index (κ1) is 26.7. The molecule has 9 nitrogen and oxygen atoms in total. The summed E-state index contributed by atoms with van der Waals surface area (Å²) in [6.07, 6.45) is -1.92. The van der Waals surface area contributed by atoms with Crippen molar-refractivity contribution in [3.05, 3.63) is 47.5 Å². The Labute approximate surface area is 218 Å².